The van der Waals surface area contributed by atoms with Crippen molar-refractivity contribution >= 4 is 21.6 Å². The van der Waals surface area contributed by atoms with Crippen LogP contribution in [0.2, 0.25) is 0 Å². The van der Waals surface area contributed by atoms with E-state index in [4.69, 9.17) is 4.74 Å². The van der Waals surface area contributed by atoms with Gasteiger partial charge in [0.1, 0.15) is 23.0 Å². The first-order valence-corrected chi connectivity index (χ1v) is 8.19. The van der Waals surface area contributed by atoms with Crippen LogP contribution in [0.25, 0.3) is 21.3 Å². The fourth-order valence-corrected chi connectivity index (χ4v) is 3.41. The third-order valence-electron chi connectivity index (χ3n) is 3.63. The highest BCUT2D eigenvalue weighted by Crippen LogP contribution is 2.39. The minimum atomic E-state index is 0.461. The Hall–Kier alpha value is -3.23. The van der Waals surface area contributed by atoms with Gasteiger partial charge in [0.15, 0.2) is 0 Å². The van der Waals surface area contributed by atoms with Crippen LogP contribution in [0, 0.1) is 11.3 Å². The van der Waals surface area contributed by atoms with Gasteiger partial charge in [-0.1, -0.05) is 42.5 Å². The Morgan fingerprint density at radius 2 is 1.75 bits per heavy atom. The van der Waals surface area contributed by atoms with Crippen LogP contribution in [0.3, 0.4) is 0 Å². The minimum absolute atomic E-state index is 0.461. The van der Waals surface area contributed by atoms with Crippen molar-refractivity contribution in [2.75, 3.05) is 0 Å². The number of thiophene rings is 1. The highest BCUT2D eigenvalue weighted by atomic mass is 32.1. The molecule has 0 N–H and O–H groups in total. The standard InChI is InChI=1S/C19H11N3OS/c20-10-14-8-4-5-9-16(14)23-18-17-15(13-6-2-1-3-7-13)11-24-19(17)22-12-21-18/h1-9,11-12H. The van der Waals surface area contributed by atoms with E-state index >= 15 is 0 Å². The Morgan fingerprint density at radius 3 is 2.58 bits per heavy atom. The van der Waals surface area contributed by atoms with Gasteiger partial charge >= 0.3 is 0 Å². The molecule has 0 fully saturated rings. The van der Waals surface area contributed by atoms with Crippen LogP contribution >= 0.6 is 11.3 Å². The molecule has 5 heteroatoms. The Kier molecular flexibility index (Phi) is 3.66. The van der Waals surface area contributed by atoms with Crippen LogP contribution in [0.15, 0.2) is 66.3 Å². The number of benzene rings is 2. The maximum atomic E-state index is 9.24. The molecule has 4 nitrogen and oxygen atoms in total. The summed E-state index contributed by atoms with van der Waals surface area (Å²) in [4.78, 5) is 9.49. The van der Waals surface area contributed by atoms with E-state index in [1.165, 1.54) is 6.33 Å². The summed E-state index contributed by atoms with van der Waals surface area (Å²) in [6.45, 7) is 0. The summed E-state index contributed by atoms with van der Waals surface area (Å²) < 4.78 is 5.97. The number of hydrogen-bond donors (Lipinski definition) is 0. The highest BCUT2D eigenvalue weighted by molar-refractivity contribution is 7.17. The third-order valence-corrected chi connectivity index (χ3v) is 4.52. The van der Waals surface area contributed by atoms with E-state index in [1.54, 1.807) is 29.5 Å². The smallest absolute Gasteiger partial charge is 0.231 e. The second-order valence-corrected chi connectivity index (χ2v) is 5.94. The molecular formula is C19H11N3OS. The van der Waals surface area contributed by atoms with Gasteiger partial charge in [0, 0.05) is 10.9 Å². The van der Waals surface area contributed by atoms with Crippen molar-refractivity contribution in [3.05, 3.63) is 71.9 Å². The van der Waals surface area contributed by atoms with Gasteiger partial charge < -0.3 is 4.74 Å². The van der Waals surface area contributed by atoms with Crippen molar-refractivity contribution < 1.29 is 4.74 Å². The van der Waals surface area contributed by atoms with Crippen molar-refractivity contribution in [1.82, 2.24) is 9.97 Å². The normalized spacial score (nSPS) is 10.5. The Labute approximate surface area is 142 Å². The number of fused-ring (bicyclic) bond motifs is 1. The lowest BCUT2D eigenvalue weighted by Crippen LogP contribution is -1.92. The second kappa shape index (κ2) is 6.11. The first kappa shape index (κ1) is 14.4. The molecule has 0 unspecified atom stereocenters. The zero-order chi connectivity index (χ0) is 16.4. The Bertz CT molecular complexity index is 1050. The molecule has 0 aliphatic carbocycles. The Balaban J connectivity index is 1.87. The molecule has 4 aromatic rings. The van der Waals surface area contributed by atoms with Gasteiger partial charge in [0.2, 0.25) is 5.88 Å². The molecule has 0 spiro atoms. The van der Waals surface area contributed by atoms with Gasteiger partial charge in [-0.15, -0.1) is 11.3 Å². The van der Waals surface area contributed by atoms with Gasteiger partial charge in [-0.2, -0.15) is 5.26 Å². The number of ether oxygens (including phenoxy) is 1. The lowest BCUT2D eigenvalue weighted by Gasteiger charge is -2.08. The van der Waals surface area contributed by atoms with Gasteiger partial charge in [0.25, 0.3) is 0 Å². The molecule has 24 heavy (non-hydrogen) atoms. The van der Waals surface area contributed by atoms with Crippen molar-refractivity contribution in [2.45, 2.75) is 0 Å². The van der Waals surface area contributed by atoms with E-state index in [0.29, 0.717) is 17.2 Å². The number of aromatic nitrogens is 2. The highest BCUT2D eigenvalue weighted by Gasteiger charge is 2.15. The average molecular weight is 329 g/mol. The van der Waals surface area contributed by atoms with Crippen molar-refractivity contribution in [2.24, 2.45) is 0 Å². The fourth-order valence-electron chi connectivity index (χ4n) is 2.51. The van der Waals surface area contributed by atoms with Crippen molar-refractivity contribution in [3.63, 3.8) is 0 Å². The number of nitriles is 1. The van der Waals surface area contributed by atoms with Gasteiger partial charge in [0.05, 0.1) is 10.9 Å². The van der Waals surface area contributed by atoms with Crippen molar-refractivity contribution in [3.8, 4) is 28.8 Å². The summed E-state index contributed by atoms with van der Waals surface area (Å²) in [5.74, 6) is 0.952. The molecule has 2 aromatic heterocycles. The van der Waals surface area contributed by atoms with Gasteiger partial charge in [-0.3, -0.25) is 0 Å². The molecule has 4 rings (SSSR count). The van der Waals surface area contributed by atoms with Gasteiger partial charge in [-0.05, 0) is 17.7 Å². The van der Waals surface area contributed by atoms with E-state index in [2.05, 4.69) is 21.4 Å². The molecule has 2 heterocycles. The topological polar surface area (TPSA) is 58.8 Å². The first-order valence-electron chi connectivity index (χ1n) is 7.31. The quantitative estimate of drug-likeness (QED) is 0.529. The maximum Gasteiger partial charge on any atom is 0.231 e. The Morgan fingerprint density at radius 1 is 0.958 bits per heavy atom. The second-order valence-electron chi connectivity index (χ2n) is 5.08. The molecule has 0 bridgehead atoms. The lowest BCUT2D eigenvalue weighted by atomic mass is 10.1. The van der Waals surface area contributed by atoms with E-state index in [-0.39, 0.29) is 0 Å². The largest absolute Gasteiger partial charge is 0.437 e. The predicted molar refractivity (Wildman–Crippen MR) is 94.1 cm³/mol. The minimum Gasteiger partial charge on any atom is -0.437 e. The summed E-state index contributed by atoms with van der Waals surface area (Å²) in [5.41, 5.74) is 2.58. The molecule has 0 saturated heterocycles. The van der Waals surface area contributed by atoms with Crippen LogP contribution in [-0.2, 0) is 0 Å². The van der Waals surface area contributed by atoms with Gasteiger partial charge in [-0.25, -0.2) is 9.97 Å². The van der Waals surface area contributed by atoms with Crippen LogP contribution in [0.1, 0.15) is 5.56 Å². The zero-order valence-electron chi connectivity index (χ0n) is 12.5. The molecule has 114 valence electrons. The fraction of sp³-hybridized carbons (Fsp3) is 0. The maximum absolute atomic E-state index is 9.24. The van der Waals surface area contributed by atoms with E-state index in [0.717, 1.165) is 21.3 Å². The molecule has 2 aromatic carbocycles. The van der Waals surface area contributed by atoms with E-state index in [9.17, 15) is 5.26 Å². The van der Waals surface area contributed by atoms with E-state index < -0.39 is 0 Å². The summed E-state index contributed by atoms with van der Waals surface area (Å²) in [5, 5.41) is 12.2. The molecule has 0 amide bonds. The average Bonchev–Trinajstić information content (AvgIpc) is 3.08. The van der Waals surface area contributed by atoms with Crippen LogP contribution < -0.4 is 4.74 Å². The lowest BCUT2D eigenvalue weighted by molar-refractivity contribution is 0.467. The van der Waals surface area contributed by atoms with Crippen molar-refractivity contribution in [1.29, 1.82) is 5.26 Å². The number of nitrogens with zero attached hydrogens (tertiary/aromatic N) is 3. The summed E-state index contributed by atoms with van der Waals surface area (Å²) in [6.07, 6.45) is 1.48. The molecule has 0 radical (unpaired) electrons. The zero-order valence-corrected chi connectivity index (χ0v) is 13.3. The molecule has 0 saturated carbocycles. The number of rotatable bonds is 3. The molecule has 0 atom stereocenters. The van der Waals surface area contributed by atoms with Crippen LogP contribution in [-0.4, -0.2) is 9.97 Å². The monoisotopic (exact) mass is 329 g/mol. The predicted octanol–water partition coefficient (Wildman–Crippen LogP) is 5.02. The summed E-state index contributed by atoms with van der Waals surface area (Å²) in [6, 6.07) is 19.3. The third kappa shape index (κ3) is 2.49. The molecule has 0 aliphatic rings. The number of para-hydroxylation sites is 1. The molecule has 0 aliphatic heterocycles. The van der Waals surface area contributed by atoms with E-state index in [1.807, 2.05) is 36.4 Å². The SMILES string of the molecule is N#Cc1ccccc1Oc1ncnc2scc(-c3ccccc3)c12. The summed E-state index contributed by atoms with van der Waals surface area (Å²) in [7, 11) is 0. The summed E-state index contributed by atoms with van der Waals surface area (Å²) >= 11 is 1.55. The van der Waals surface area contributed by atoms with Crippen LogP contribution in [0.5, 0.6) is 11.6 Å². The molecular weight excluding hydrogens is 318 g/mol. The first-order chi connectivity index (χ1) is 11.9. The number of hydrogen-bond acceptors (Lipinski definition) is 5. The van der Waals surface area contributed by atoms with Crippen LogP contribution in [0.4, 0.5) is 0 Å².